The maximum absolute atomic E-state index is 12.6. The zero-order valence-corrected chi connectivity index (χ0v) is 12.2. The van der Waals surface area contributed by atoms with Crippen LogP contribution in [0.15, 0.2) is 24.3 Å². The minimum atomic E-state index is -0.347. The Kier molecular flexibility index (Phi) is 3.55. The molecule has 108 valence electrons. The lowest BCUT2D eigenvalue weighted by Crippen LogP contribution is -2.53. The Bertz CT molecular complexity index is 509. The van der Waals surface area contributed by atoms with Crippen molar-refractivity contribution in [1.82, 2.24) is 5.32 Å². The molecule has 0 bridgehead atoms. The highest BCUT2D eigenvalue weighted by Gasteiger charge is 2.38. The van der Waals surface area contributed by atoms with Gasteiger partial charge in [-0.25, -0.2) is 0 Å². The summed E-state index contributed by atoms with van der Waals surface area (Å²) in [4.78, 5) is 12.6. The zero-order chi connectivity index (χ0) is 14.2. The van der Waals surface area contributed by atoms with Crippen molar-refractivity contribution in [2.75, 3.05) is 0 Å². The van der Waals surface area contributed by atoms with Crippen LogP contribution in [0.1, 0.15) is 56.2 Å². The number of nitrogens with one attached hydrogen (secondary N) is 1. The van der Waals surface area contributed by atoms with E-state index in [2.05, 4.69) is 29.6 Å². The van der Waals surface area contributed by atoms with E-state index in [1.807, 2.05) is 6.92 Å². The van der Waals surface area contributed by atoms with Crippen molar-refractivity contribution in [3.8, 4) is 0 Å². The van der Waals surface area contributed by atoms with E-state index in [4.69, 9.17) is 5.73 Å². The minimum Gasteiger partial charge on any atom is -0.349 e. The molecule has 20 heavy (non-hydrogen) atoms. The van der Waals surface area contributed by atoms with Gasteiger partial charge < -0.3 is 11.1 Å². The average Bonchev–Trinajstić information content (AvgIpc) is 2.81. The molecule has 0 spiro atoms. The van der Waals surface area contributed by atoms with Gasteiger partial charge in [-0.15, -0.1) is 0 Å². The van der Waals surface area contributed by atoms with Crippen molar-refractivity contribution < 1.29 is 4.79 Å². The summed E-state index contributed by atoms with van der Waals surface area (Å²) in [5.74, 6) is 0.111. The van der Waals surface area contributed by atoms with Gasteiger partial charge in [0.1, 0.15) is 0 Å². The van der Waals surface area contributed by atoms with Crippen LogP contribution >= 0.6 is 0 Å². The Morgan fingerprint density at radius 1 is 1.30 bits per heavy atom. The summed E-state index contributed by atoms with van der Waals surface area (Å²) in [7, 11) is 0. The molecule has 2 aliphatic rings. The minimum absolute atomic E-state index is 0.0380. The van der Waals surface area contributed by atoms with Crippen molar-refractivity contribution >= 4 is 5.91 Å². The number of benzene rings is 1. The van der Waals surface area contributed by atoms with Gasteiger partial charge in [0, 0.05) is 5.54 Å². The highest BCUT2D eigenvalue weighted by atomic mass is 16.2. The molecule has 3 nitrogen and oxygen atoms in total. The molecule has 3 heteroatoms. The normalized spacial score (nSPS) is 32.7. The van der Waals surface area contributed by atoms with E-state index < -0.39 is 0 Å². The van der Waals surface area contributed by atoms with Crippen LogP contribution in [0.5, 0.6) is 0 Å². The molecule has 1 aromatic carbocycles. The smallest absolute Gasteiger partial charge is 0.225 e. The van der Waals surface area contributed by atoms with Crippen LogP contribution in [0.2, 0.25) is 0 Å². The van der Waals surface area contributed by atoms with Crippen LogP contribution in [0.4, 0.5) is 0 Å². The number of hydrogen-bond acceptors (Lipinski definition) is 2. The number of fused-ring (bicyclic) bond motifs is 1. The fourth-order valence-corrected chi connectivity index (χ4v) is 3.77. The first-order chi connectivity index (χ1) is 9.58. The van der Waals surface area contributed by atoms with Crippen LogP contribution in [-0.2, 0) is 11.2 Å². The number of hydrogen-bond donors (Lipinski definition) is 2. The first-order valence-electron chi connectivity index (χ1n) is 7.75. The summed E-state index contributed by atoms with van der Waals surface area (Å²) >= 11 is 0. The van der Waals surface area contributed by atoms with E-state index in [0.717, 1.165) is 38.5 Å². The van der Waals surface area contributed by atoms with Gasteiger partial charge in [0.2, 0.25) is 5.91 Å². The van der Waals surface area contributed by atoms with Crippen LogP contribution in [0.25, 0.3) is 0 Å². The molecule has 1 aromatic rings. The van der Waals surface area contributed by atoms with Gasteiger partial charge in [0.05, 0.1) is 12.0 Å². The molecule has 2 aliphatic carbocycles. The van der Waals surface area contributed by atoms with Crippen molar-refractivity contribution in [3.63, 3.8) is 0 Å². The second-order valence-electron chi connectivity index (χ2n) is 6.60. The second-order valence-corrected chi connectivity index (χ2v) is 6.60. The fourth-order valence-electron chi connectivity index (χ4n) is 3.77. The molecule has 1 fully saturated rings. The maximum atomic E-state index is 12.6. The summed E-state index contributed by atoms with van der Waals surface area (Å²) < 4.78 is 0. The summed E-state index contributed by atoms with van der Waals surface area (Å²) in [5.41, 5.74) is 8.64. The number of carbonyl (C=O) groups is 1. The van der Waals surface area contributed by atoms with E-state index in [-0.39, 0.29) is 23.4 Å². The number of aryl methyl sites for hydroxylation is 1. The standard InChI is InChI=1S/C17H24N2O/c1-17(18)11-5-4-8-14(17)16(20)19-15-10-9-12-6-2-3-7-13(12)15/h2-3,6-7,14-15H,4-5,8-11,18H2,1H3,(H,19,20). The Morgan fingerprint density at radius 3 is 2.90 bits per heavy atom. The average molecular weight is 272 g/mol. The molecular weight excluding hydrogens is 248 g/mol. The molecule has 3 rings (SSSR count). The number of amides is 1. The first kappa shape index (κ1) is 13.6. The molecule has 0 saturated heterocycles. The Hall–Kier alpha value is -1.35. The zero-order valence-electron chi connectivity index (χ0n) is 12.2. The molecule has 0 heterocycles. The highest BCUT2D eigenvalue weighted by molar-refractivity contribution is 5.80. The SMILES string of the molecule is CC1(N)CCCCC1C(=O)NC1CCc2ccccc21. The first-order valence-corrected chi connectivity index (χ1v) is 7.75. The number of nitrogens with two attached hydrogens (primary N) is 1. The van der Waals surface area contributed by atoms with Gasteiger partial charge >= 0.3 is 0 Å². The van der Waals surface area contributed by atoms with Crippen LogP contribution in [0, 0.1) is 5.92 Å². The molecule has 3 atom stereocenters. The number of rotatable bonds is 2. The third-order valence-electron chi connectivity index (χ3n) is 5.02. The van der Waals surface area contributed by atoms with E-state index in [1.165, 1.54) is 11.1 Å². The molecular formula is C17H24N2O. The van der Waals surface area contributed by atoms with Gasteiger partial charge in [-0.3, -0.25) is 4.79 Å². The lowest BCUT2D eigenvalue weighted by atomic mass is 9.74. The molecule has 3 unspecified atom stereocenters. The van der Waals surface area contributed by atoms with E-state index in [9.17, 15) is 4.79 Å². The molecule has 1 saturated carbocycles. The highest BCUT2D eigenvalue weighted by Crippen LogP contribution is 2.34. The van der Waals surface area contributed by atoms with Gasteiger partial charge in [-0.2, -0.15) is 0 Å². The third-order valence-corrected chi connectivity index (χ3v) is 5.02. The van der Waals surface area contributed by atoms with Gasteiger partial charge in [0.25, 0.3) is 0 Å². The van der Waals surface area contributed by atoms with Crippen molar-refractivity contribution in [2.24, 2.45) is 11.7 Å². The van der Waals surface area contributed by atoms with E-state index >= 15 is 0 Å². The van der Waals surface area contributed by atoms with Gasteiger partial charge in [0.15, 0.2) is 0 Å². The fraction of sp³-hybridized carbons (Fsp3) is 0.588. The summed E-state index contributed by atoms with van der Waals surface area (Å²) in [6.07, 6.45) is 6.21. The topological polar surface area (TPSA) is 55.1 Å². The van der Waals surface area contributed by atoms with E-state index in [1.54, 1.807) is 0 Å². The summed E-state index contributed by atoms with van der Waals surface area (Å²) in [6, 6.07) is 8.60. The Labute approximate surface area is 120 Å². The van der Waals surface area contributed by atoms with Gasteiger partial charge in [-0.1, -0.05) is 37.1 Å². The molecule has 0 aliphatic heterocycles. The van der Waals surface area contributed by atoms with E-state index in [0.29, 0.717) is 0 Å². The largest absolute Gasteiger partial charge is 0.349 e. The Balaban J connectivity index is 1.71. The van der Waals surface area contributed by atoms with Gasteiger partial charge in [-0.05, 0) is 43.7 Å². The molecule has 0 radical (unpaired) electrons. The quantitative estimate of drug-likeness (QED) is 0.869. The molecule has 0 aromatic heterocycles. The molecule has 3 N–H and O–H groups in total. The predicted octanol–water partition coefficient (Wildman–Crippen LogP) is 2.70. The van der Waals surface area contributed by atoms with Crippen LogP contribution in [0.3, 0.4) is 0 Å². The molecule has 1 amide bonds. The summed E-state index contributed by atoms with van der Waals surface area (Å²) in [5, 5.41) is 3.24. The van der Waals surface area contributed by atoms with Crippen molar-refractivity contribution in [1.29, 1.82) is 0 Å². The lowest BCUT2D eigenvalue weighted by Gasteiger charge is -2.37. The number of carbonyl (C=O) groups excluding carboxylic acids is 1. The third kappa shape index (κ3) is 2.47. The maximum Gasteiger partial charge on any atom is 0.225 e. The van der Waals surface area contributed by atoms with Crippen molar-refractivity contribution in [3.05, 3.63) is 35.4 Å². The monoisotopic (exact) mass is 272 g/mol. The lowest BCUT2D eigenvalue weighted by molar-refractivity contribution is -0.128. The van der Waals surface area contributed by atoms with Crippen LogP contribution < -0.4 is 11.1 Å². The van der Waals surface area contributed by atoms with Crippen molar-refractivity contribution in [2.45, 2.75) is 57.0 Å². The second kappa shape index (κ2) is 5.21. The Morgan fingerprint density at radius 2 is 2.10 bits per heavy atom. The van der Waals surface area contributed by atoms with Crippen LogP contribution in [-0.4, -0.2) is 11.4 Å². The predicted molar refractivity (Wildman–Crippen MR) is 80.2 cm³/mol. The summed E-state index contributed by atoms with van der Waals surface area (Å²) in [6.45, 7) is 2.03.